The summed E-state index contributed by atoms with van der Waals surface area (Å²) >= 11 is 0. The molecule has 9 amide bonds. The number of H-pyrrole nitrogens is 5. The van der Waals surface area contributed by atoms with Crippen LogP contribution in [0.25, 0.3) is 0 Å². The Morgan fingerprint density at radius 1 is 0.395 bits per heavy atom. The van der Waals surface area contributed by atoms with E-state index in [1.54, 1.807) is 0 Å². The van der Waals surface area contributed by atoms with E-state index in [1.807, 2.05) is 0 Å². The minimum absolute atomic E-state index is 0.0916. The third kappa shape index (κ3) is 22.1. The smallest absolute Gasteiger partial charge is 0.326 e. The number of carbonyl (C=O) groups is 10. The molecule has 21 N–H and O–H groups in total. The number of imidazole rings is 5. The minimum atomic E-state index is -1.37. The number of rotatable bonds is 37. The molecule has 0 fully saturated rings. The number of aliphatic carboxylic acids is 1. The van der Waals surface area contributed by atoms with Gasteiger partial charge in [0.2, 0.25) is 53.2 Å². The van der Waals surface area contributed by atoms with Gasteiger partial charge in [-0.3, -0.25) is 43.2 Å². The van der Waals surface area contributed by atoms with Gasteiger partial charge in [-0.05, 0) is 51.6 Å². The second kappa shape index (κ2) is 33.2. The van der Waals surface area contributed by atoms with E-state index in [4.69, 9.17) is 17.2 Å². The van der Waals surface area contributed by atoms with Gasteiger partial charge in [0.15, 0.2) is 0 Å². The van der Waals surface area contributed by atoms with Crippen molar-refractivity contribution in [2.75, 3.05) is 32.7 Å². The molecular weight excluding hydrogens is 1060 g/mol. The van der Waals surface area contributed by atoms with Crippen LogP contribution in [-0.4, -0.2) is 189 Å². The summed E-state index contributed by atoms with van der Waals surface area (Å²) in [5.41, 5.74) is 19.7. The first kappa shape index (κ1) is 62.5. The zero-order chi connectivity index (χ0) is 58.5. The standard InChI is InChI=1S/C48H70N22O11/c49-7-3-1-5-33(46(78)70-38(48(80)81)13-31-18-56-26-64-31)65-39(71)19-57-43(75)35(10-28-15-53-23-61-28)66-40(72)20-58-44(76)36(11-29-16-54-24-62-29)67-41(73)21-59-45(77)37(12-30-17-55-25-63-30)69-47(79)34(6-2-4-8-50)68-42(74)32(51)9-27-14-52-22-60-27/h14-18,22-26,32-38H,1-13,19-21,49-51H2,(H,52,60)(H,53,61)(H,54,62)(H,55,63)(H,56,64)(H,57,75)(H,58,76)(H,59,77)(H,65,71)(H,66,72)(H,67,73)(H,68,74)(H,69,79)(H,70,78)(H,80,81)/t32-,33-,34-,35-,36-,37-,38-/m0/s1. The topological polar surface area (TPSA) is 521 Å². The Morgan fingerprint density at radius 3 is 1.02 bits per heavy atom. The van der Waals surface area contributed by atoms with Gasteiger partial charge in [-0.25, -0.2) is 29.7 Å². The van der Waals surface area contributed by atoms with Crippen LogP contribution in [0.4, 0.5) is 0 Å². The number of amides is 9. The Bertz CT molecular complexity index is 2760. The number of nitrogens with two attached hydrogens (primary N) is 3. The van der Waals surface area contributed by atoms with Crippen molar-refractivity contribution >= 4 is 59.1 Å². The van der Waals surface area contributed by atoms with Crippen molar-refractivity contribution in [3.05, 3.63) is 91.1 Å². The molecule has 33 heteroatoms. The van der Waals surface area contributed by atoms with Gasteiger partial charge in [0.25, 0.3) is 0 Å². The van der Waals surface area contributed by atoms with E-state index in [0.29, 0.717) is 67.2 Å². The summed E-state index contributed by atoms with van der Waals surface area (Å²) in [5, 5.41) is 32.4. The third-order valence-electron chi connectivity index (χ3n) is 12.2. The molecule has 81 heavy (non-hydrogen) atoms. The van der Waals surface area contributed by atoms with Crippen LogP contribution in [0.1, 0.15) is 67.0 Å². The van der Waals surface area contributed by atoms with Crippen LogP contribution in [0.5, 0.6) is 0 Å². The number of nitrogens with one attached hydrogen (secondary N) is 14. The summed E-state index contributed by atoms with van der Waals surface area (Å²) < 4.78 is 0. The normalized spacial score (nSPS) is 13.6. The molecule has 7 atom stereocenters. The zero-order valence-corrected chi connectivity index (χ0v) is 44.1. The molecular formula is C48H70N22O11. The number of nitrogens with zero attached hydrogens (tertiary/aromatic N) is 5. The molecule has 0 bridgehead atoms. The fourth-order valence-electron chi connectivity index (χ4n) is 7.97. The summed E-state index contributed by atoms with van der Waals surface area (Å²) in [6.07, 6.45) is 15.7. The van der Waals surface area contributed by atoms with Gasteiger partial charge in [0.05, 0.1) is 57.3 Å². The summed E-state index contributed by atoms with van der Waals surface area (Å²) in [6.45, 7) is -1.45. The number of hydrogen-bond acceptors (Lipinski definition) is 18. The van der Waals surface area contributed by atoms with E-state index in [2.05, 4.69) is 97.7 Å². The lowest BCUT2D eigenvalue weighted by Gasteiger charge is -2.24. The number of unbranched alkanes of at least 4 members (excludes halogenated alkanes) is 2. The highest BCUT2D eigenvalue weighted by Gasteiger charge is 2.32. The van der Waals surface area contributed by atoms with E-state index >= 15 is 0 Å². The number of aromatic nitrogens is 10. The summed E-state index contributed by atoms with van der Waals surface area (Å²) in [4.78, 5) is 167. The maximum absolute atomic E-state index is 13.8. The van der Waals surface area contributed by atoms with Gasteiger partial charge < -0.3 is 95.1 Å². The van der Waals surface area contributed by atoms with Gasteiger partial charge in [0.1, 0.15) is 36.3 Å². The first-order valence-electron chi connectivity index (χ1n) is 25.9. The largest absolute Gasteiger partial charge is 0.480 e. The highest BCUT2D eigenvalue weighted by molar-refractivity contribution is 5.97. The molecule has 5 rings (SSSR count). The maximum atomic E-state index is 13.8. The van der Waals surface area contributed by atoms with Crippen LogP contribution >= 0.6 is 0 Å². The molecule has 0 spiro atoms. The molecule has 438 valence electrons. The van der Waals surface area contributed by atoms with Crippen LogP contribution in [0.3, 0.4) is 0 Å². The number of carbonyl (C=O) groups excluding carboxylic acids is 9. The Balaban J connectivity index is 1.17. The highest BCUT2D eigenvalue weighted by Crippen LogP contribution is 2.08. The van der Waals surface area contributed by atoms with E-state index in [1.165, 1.54) is 62.6 Å². The predicted octanol–water partition coefficient (Wildman–Crippen LogP) is -6.26. The molecule has 0 unspecified atom stereocenters. The molecule has 33 nitrogen and oxygen atoms in total. The van der Waals surface area contributed by atoms with Gasteiger partial charge in [-0.1, -0.05) is 0 Å². The van der Waals surface area contributed by atoms with Gasteiger partial charge in [-0.15, -0.1) is 0 Å². The fraction of sp³-hybridized carbons (Fsp3) is 0.479. The molecule has 5 aromatic heterocycles. The molecule has 0 radical (unpaired) electrons. The third-order valence-corrected chi connectivity index (χ3v) is 12.2. The Hall–Kier alpha value is -9.37. The van der Waals surface area contributed by atoms with Crippen LogP contribution in [0.15, 0.2) is 62.6 Å². The van der Waals surface area contributed by atoms with Gasteiger partial charge in [-0.2, -0.15) is 0 Å². The highest BCUT2D eigenvalue weighted by atomic mass is 16.4. The van der Waals surface area contributed by atoms with Crippen molar-refractivity contribution < 1.29 is 53.1 Å². The van der Waals surface area contributed by atoms with Crippen molar-refractivity contribution in [2.45, 2.75) is 113 Å². The molecule has 0 aliphatic heterocycles. The van der Waals surface area contributed by atoms with Crippen molar-refractivity contribution in [3.8, 4) is 0 Å². The lowest BCUT2D eigenvalue weighted by molar-refractivity contribution is -0.142. The Morgan fingerprint density at radius 2 is 0.691 bits per heavy atom. The van der Waals surface area contributed by atoms with Crippen molar-refractivity contribution in [2.24, 2.45) is 17.2 Å². The molecule has 0 saturated heterocycles. The average molecular weight is 1130 g/mol. The molecule has 0 aromatic carbocycles. The Kier molecular flexibility index (Phi) is 25.6. The summed E-state index contributed by atoms with van der Waals surface area (Å²) in [5.74, 6) is -8.50. The van der Waals surface area contributed by atoms with Crippen molar-refractivity contribution in [1.29, 1.82) is 0 Å². The van der Waals surface area contributed by atoms with Gasteiger partial charge in [0, 0.05) is 91.6 Å². The first-order chi connectivity index (χ1) is 39.0. The quantitative estimate of drug-likeness (QED) is 0.0165. The number of hydrogen-bond donors (Lipinski definition) is 18. The van der Waals surface area contributed by atoms with Crippen LogP contribution in [0.2, 0.25) is 0 Å². The fourth-order valence-corrected chi connectivity index (χ4v) is 7.97. The van der Waals surface area contributed by atoms with Gasteiger partial charge >= 0.3 is 5.97 Å². The zero-order valence-electron chi connectivity index (χ0n) is 44.1. The molecule has 0 aliphatic carbocycles. The van der Waals surface area contributed by atoms with E-state index in [9.17, 15) is 53.1 Å². The van der Waals surface area contributed by atoms with E-state index in [-0.39, 0.29) is 44.9 Å². The predicted molar refractivity (Wildman–Crippen MR) is 283 cm³/mol. The lowest BCUT2D eigenvalue weighted by atomic mass is 10.1. The lowest BCUT2D eigenvalue weighted by Crippen LogP contribution is -2.57. The van der Waals surface area contributed by atoms with E-state index < -0.39 is 121 Å². The average Bonchev–Trinajstić information content (AvgIpc) is 4.33. The Labute approximate surface area is 462 Å². The maximum Gasteiger partial charge on any atom is 0.326 e. The second-order valence-electron chi connectivity index (χ2n) is 18.6. The molecule has 0 aliphatic rings. The monoisotopic (exact) mass is 1130 g/mol. The van der Waals surface area contributed by atoms with Crippen LogP contribution in [-0.2, 0) is 80.0 Å². The molecule has 5 aromatic rings. The van der Waals surface area contributed by atoms with Crippen molar-refractivity contribution in [1.82, 2.24) is 97.7 Å². The summed E-state index contributed by atoms with van der Waals surface area (Å²) in [6, 6.07) is -8.76. The first-order valence-corrected chi connectivity index (χ1v) is 25.9. The van der Waals surface area contributed by atoms with Crippen LogP contribution in [0, 0.1) is 0 Å². The number of carboxylic acid groups (broad SMARTS) is 1. The van der Waals surface area contributed by atoms with Crippen LogP contribution < -0.4 is 65.1 Å². The molecule has 0 saturated carbocycles. The minimum Gasteiger partial charge on any atom is -0.480 e. The number of carboxylic acids is 1. The number of aromatic amines is 5. The summed E-state index contributed by atoms with van der Waals surface area (Å²) in [7, 11) is 0. The molecule has 5 heterocycles. The SMILES string of the molecule is NCCCC[C@H](NC(=O)CNC(=O)[C@H](Cc1cnc[nH]1)NC(=O)CNC(=O)[C@H](Cc1cnc[nH]1)NC(=O)CNC(=O)[C@H](Cc1cnc[nH]1)NC(=O)[C@H](CCCCN)NC(=O)[C@@H](N)Cc1cnc[nH]1)C(=O)N[C@@H](Cc1cnc[nH]1)C(=O)O. The van der Waals surface area contributed by atoms with E-state index in [0.717, 1.165) is 0 Å². The second-order valence-corrected chi connectivity index (χ2v) is 18.6. The van der Waals surface area contributed by atoms with Crippen molar-refractivity contribution in [3.63, 3.8) is 0 Å².